The molecule has 0 aliphatic heterocycles. The van der Waals surface area contributed by atoms with E-state index in [-0.39, 0.29) is 23.1 Å². The molecule has 35 heavy (non-hydrogen) atoms. The molecule has 0 bridgehead atoms. The van der Waals surface area contributed by atoms with Gasteiger partial charge in [0.2, 0.25) is 6.41 Å². The second-order valence-electron chi connectivity index (χ2n) is 6.48. The largest absolute Gasteiger partial charge is 0.478 e. The number of primary amides is 1. The maximum atomic E-state index is 13.7. The molecule has 11 heteroatoms. The SMILES string of the molecule is CO.N/C=C(\NN)c1ccc(C=O)c(-c2cc(-c3ccc(F)c(F)c3)ccc2C(=O)O)c1.NC=O. The van der Waals surface area contributed by atoms with Crippen molar-refractivity contribution in [3.05, 3.63) is 89.1 Å². The predicted molar refractivity (Wildman–Crippen MR) is 127 cm³/mol. The molecule has 0 spiro atoms. The number of hydrazine groups is 1. The Bertz CT molecular complexity index is 1230. The summed E-state index contributed by atoms with van der Waals surface area (Å²) in [5, 5.41) is 16.6. The Morgan fingerprint density at radius 2 is 1.49 bits per heavy atom. The third kappa shape index (κ3) is 6.93. The van der Waals surface area contributed by atoms with E-state index in [0.29, 0.717) is 34.2 Å². The van der Waals surface area contributed by atoms with Crippen LogP contribution in [0.15, 0.2) is 60.8 Å². The number of carbonyl (C=O) groups is 3. The first-order valence-corrected chi connectivity index (χ1v) is 9.72. The Morgan fingerprint density at radius 3 is 2.00 bits per heavy atom. The van der Waals surface area contributed by atoms with E-state index < -0.39 is 17.6 Å². The average Bonchev–Trinajstić information content (AvgIpc) is 2.87. The number of nitrogens with one attached hydrogen (secondary N) is 1. The van der Waals surface area contributed by atoms with Gasteiger partial charge in [0.15, 0.2) is 17.9 Å². The van der Waals surface area contributed by atoms with Gasteiger partial charge < -0.3 is 27.1 Å². The number of aliphatic hydroxyl groups excluding tert-OH is 1. The third-order valence-electron chi connectivity index (χ3n) is 4.61. The summed E-state index contributed by atoms with van der Waals surface area (Å²) in [4.78, 5) is 32.0. The molecule has 0 unspecified atom stereocenters. The van der Waals surface area contributed by atoms with Gasteiger partial charge in [-0.3, -0.25) is 15.4 Å². The molecule has 0 saturated heterocycles. The fourth-order valence-electron chi connectivity index (χ4n) is 3.10. The van der Waals surface area contributed by atoms with Crippen LogP contribution in [-0.2, 0) is 4.79 Å². The molecule has 0 fully saturated rings. The molecule has 0 radical (unpaired) electrons. The summed E-state index contributed by atoms with van der Waals surface area (Å²) >= 11 is 0. The van der Waals surface area contributed by atoms with E-state index in [9.17, 15) is 23.5 Å². The highest BCUT2D eigenvalue weighted by Gasteiger charge is 2.17. The summed E-state index contributed by atoms with van der Waals surface area (Å²) < 4.78 is 27.0. The molecule has 0 atom stereocenters. The van der Waals surface area contributed by atoms with Gasteiger partial charge in [-0.25, -0.2) is 13.6 Å². The van der Waals surface area contributed by atoms with Crippen LogP contribution in [0, 0.1) is 11.6 Å². The van der Waals surface area contributed by atoms with Crippen molar-refractivity contribution in [2.24, 2.45) is 17.3 Å². The van der Waals surface area contributed by atoms with Gasteiger partial charge in [-0.2, -0.15) is 0 Å². The van der Waals surface area contributed by atoms with Gasteiger partial charge in [0, 0.05) is 24.4 Å². The maximum Gasteiger partial charge on any atom is 0.336 e. The van der Waals surface area contributed by atoms with Crippen molar-refractivity contribution in [1.82, 2.24) is 5.43 Å². The summed E-state index contributed by atoms with van der Waals surface area (Å²) in [5.74, 6) is 2.22. The molecule has 9 N–H and O–H groups in total. The van der Waals surface area contributed by atoms with Gasteiger partial charge in [-0.15, -0.1) is 0 Å². The van der Waals surface area contributed by atoms with E-state index in [2.05, 4.69) is 11.2 Å². The van der Waals surface area contributed by atoms with Gasteiger partial charge in [0.25, 0.3) is 0 Å². The van der Waals surface area contributed by atoms with Gasteiger partial charge in [-0.1, -0.05) is 24.3 Å². The van der Waals surface area contributed by atoms with E-state index in [1.165, 1.54) is 36.5 Å². The van der Waals surface area contributed by atoms with Gasteiger partial charge in [0.05, 0.1) is 11.3 Å². The number of carbonyl (C=O) groups excluding carboxylic acids is 2. The normalized spacial score (nSPS) is 10.1. The second-order valence-corrected chi connectivity index (χ2v) is 6.48. The zero-order valence-electron chi connectivity index (χ0n) is 18.5. The number of hydrogen-bond donors (Lipinski definition) is 6. The molecule has 3 rings (SSSR count). The Labute approximate surface area is 199 Å². The highest BCUT2D eigenvalue weighted by Crippen LogP contribution is 2.33. The van der Waals surface area contributed by atoms with E-state index in [1.807, 2.05) is 0 Å². The lowest BCUT2D eigenvalue weighted by Gasteiger charge is -2.14. The highest BCUT2D eigenvalue weighted by molar-refractivity contribution is 6.01. The molecule has 0 saturated carbocycles. The van der Waals surface area contributed by atoms with Crippen LogP contribution in [-0.4, -0.2) is 36.0 Å². The molecular formula is C24H24F2N4O5. The standard InChI is InChI=1S/C22H17F2N3O3.CH3NO.CH4O/c23-19-6-4-13(9-20(19)24)12-3-5-16(22(29)30)18(7-12)17-8-14(21(10-25)27-26)1-2-15(17)11-28;2-1-3;1-2/h1-11,27H,25-26H2,(H,29,30);1H,(H2,2,3);2H,1H3/b21-10-;;. The minimum atomic E-state index is -1.21. The minimum Gasteiger partial charge on any atom is -0.478 e. The number of aromatic carboxylic acids is 1. The van der Waals surface area contributed by atoms with Crippen molar-refractivity contribution in [1.29, 1.82) is 0 Å². The summed E-state index contributed by atoms with van der Waals surface area (Å²) in [5.41, 5.74) is 14.5. The topological polar surface area (TPSA) is 182 Å². The fraction of sp³-hybridized carbons (Fsp3) is 0.0417. The number of carboxylic acid groups (broad SMARTS) is 1. The quantitative estimate of drug-likeness (QED) is 0.174. The molecular weight excluding hydrogens is 462 g/mol. The molecule has 0 aromatic heterocycles. The van der Waals surface area contributed by atoms with Gasteiger partial charge >= 0.3 is 5.97 Å². The van der Waals surface area contributed by atoms with E-state index in [1.54, 1.807) is 12.1 Å². The van der Waals surface area contributed by atoms with Crippen molar-refractivity contribution in [2.45, 2.75) is 0 Å². The number of amides is 1. The molecule has 3 aromatic rings. The number of rotatable bonds is 6. The molecule has 184 valence electrons. The molecule has 0 aliphatic rings. The highest BCUT2D eigenvalue weighted by atomic mass is 19.2. The lowest BCUT2D eigenvalue weighted by Crippen LogP contribution is -2.21. The number of aldehydes is 1. The Balaban J connectivity index is 0.00000114. The Hall–Kier alpha value is -4.61. The fourth-order valence-corrected chi connectivity index (χ4v) is 3.10. The van der Waals surface area contributed by atoms with Crippen LogP contribution < -0.4 is 22.7 Å². The minimum absolute atomic E-state index is 0.0689. The van der Waals surface area contributed by atoms with Gasteiger partial charge in [-0.05, 0) is 52.6 Å². The zero-order chi connectivity index (χ0) is 26.5. The van der Waals surface area contributed by atoms with Crippen LogP contribution in [0.1, 0.15) is 26.3 Å². The average molecular weight is 486 g/mol. The van der Waals surface area contributed by atoms with Crippen LogP contribution in [0.5, 0.6) is 0 Å². The Morgan fingerprint density at radius 1 is 0.886 bits per heavy atom. The summed E-state index contributed by atoms with van der Waals surface area (Å²) in [6.07, 6.45) is 2.08. The number of carboxylic acids is 1. The summed E-state index contributed by atoms with van der Waals surface area (Å²) in [6.45, 7) is 0. The zero-order valence-corrected chi connectivity index (χ0v) is 18.5. The molecule has 0 aliphatic carbocycles. The Kier molecular flexibility index (Phi) is 11.2. The monoisotopic (exact) mass is 486 g/mol. The van der Waals surface area contributed by atoms with Crippen molar-refractivity contribution in [2.75, 3.05) is 7.11 Å². The van der Waals surface area contributed by atoms with E-state index in [0.717, 1.165) is 19.2 Å². The van der Waals surface area contributed by atoms with Crippen LogP contribution in [0.4, 0.5) is 8.78 Å². The molecule has 0 heterocycles. The van der Waals surface area contributed by atoms with Crippen molar-refractivity contribution in [3.8, 4) is 22.3 Å². The number of aliphatic hydroxyl groups is 1. The van der Waals surface area contributed by atoms with Gasteiger partial charge in [0.1, 0.15) is 0 Å². The molecule has 9 nitrogen and oxygen atoms in total. The first kappa shape index (κ1) is 28.4. The summed E-state index contributed by atoms with van der Waals surface area (Å²) in [7, 11) is 1.00. The predicted octanol–water partition coefficient (Wildman–Crippen LogP) is 2.24. The number of halogens is 2. The van der Waals surface area contributed by atoms with Crippen LogP contribution in [0.3, 0.4) is 0 Å². The second kappa shape index (κ2) is 13.8. The lowest BCUT2D eigenvalue weighted by atomic mass is 9.90. The van der Waals surface area contributed by atoms with Crippen molar-refractivity contribution in [3.63, 3.8) is 0 Å². The number of benzene rings is 3. The first-order valence-electron chi connectivity index (χ1n) is 9.72. The first-order chi connectivity index (χ1) is 16.8. The smallest absolute Gasteiger partial charge is 0.336 e. The maximum absolute atomic E-state index is 13.7. The van der Waals surface area contributed by atoms with Crippen molar-refractivity contribution < 1.29 is 33.4 Å². The lowest BCUT2D eigenvalue weighted by molar-refractivity contribution is -0.106. The number of nitrogens with two attached hydrogens (primary N) is 3. The van der Waals surface area contributed by atoms with E-state index in [4.69, 9.17) is 21.5 Å². The third-order valence-corrected chi connectivity index (χ3v) is 4.61. The van der Waals surface area contributed by atoms with Crippen LogP contribution >= 0.6 is 0 Å². The van der Waals surface area contributed by atoms with Crippen LogP contribution in [0.2, 0.25) is 0 Å². The van der Waals surface area contributed by atoms with Crippen LogP contribution in [0.25, 0.3) is 28.0 Å². The molecule has 3 aromatic carbocycles. The summed E-state index contributed by atoms with van der Waals surface area (Å²) in [6, 6.07) is 12.4. The molecule has 1 amide bonds. The van der Waals surface area contributed by atoms with Crippen molar-refractivity contribution >= 4 is 24.4 Å². The number of hydrogen-bond acceptors (Lipinski definition) is 7. The van der Waals surface area contributed by atoms with E-state index >= 15 is 0 Å².